The fourth-order valence-electron chi connectivity index (χ4n) is 2.40. The smallest absolute Gasteiger partial charge is 0.305 e. The molecular formula is C18H19BrN4S. The first-order valence-electron chi connectivity index (χ1n) is 7.71. The maximum Gasteiger partial charge on any atom is 0.305 e. The Labute approximate surface area is 157 Å². The van der Waals surface area contributed by atoms with Crippen LogP contribution < -0.4 is 27.2 Å². The summed E-state index contributed by atoms with van der Waals surface area (Å²) in [6, 6.07) is 12.3. The summed E-state index contributed by atoms with van der Waals surface area (Å²) in [5.41, 5.74) is 4.15. The minimum atomic E-state index is 0. The monoisotopic (exact) mass is 402 g/mol. The summed E-state index contributed by atoms with van der Waals surface area (Å²) in [5, 5.41) is 7.40. The Morgan fingerprint density at radius 2 is 1.71 bits per heavy atom. The van der Waals surface area contributed by atoms with Crippen LogP contribution >= 0.6 is 11.8 Å². The fourth-order valence-corrected chi connectivity index (χ4v) is 3.06. The number of thioether (sulfide) groups is 1. The number of nitrogens with zero attached hydrogens (tertiary/aromatic N) is 3. The zero-order valence-electron chi connectivity index (χ0n) is 13.7. The Hall–Kier alpha value is -1.88. The van der Waals surface area contributed by atoms with Gasteiger partial charge in [-0.2, -0.15) is 4.99 Å². The molecule has 0 fully saturated rings. The summed E-state index contributed by atoms with van der Waals surface area (Å²) < 4.78 is 0. The van der Waals surface area contributed by atoms with E-state index >= 15 is 0 Å². The Morgan fingerprint density at radius 1 is 1.04 bits per heavy atom. The van der Waals surface area contributed by atoms with Crippen molar-refractivity contribution in [1.82, 2.24) is 4.98 Å². The lowest BCUT2D eigenvalue weighted by atomic mass is 10.2. The number of aromatic nitrogens is 1. The van der Waals surface area contributed by atoms with Crippen LogP contribution in [0, 0.1) is 5.41 Å². The van der Waals surface area contributed by atoms with E-state index in [4.69, 9.17) is 0 Å². The predicted molar refractivity (Wildman–Crippen MR) is 99.5 cm³/mol. The van der Waals surface area contributed by atoms with Crippen LogP contribution in [0.3, 0.4) is 0 Å². The maximum atomic E-state index is 4.58. The topological polar surface area (TPSA) is 40.5 Å². The normalized spacial score (nSPS) is 12.6. The molecule has 0 saturated heterocycles. The molecule has 0 spiro atoms. The molecule has 3 rings (SSSR count). The van der Waals surface area contributed by atoms with Gasteiger partial charge in [-0.1, -0.05) is 0 Å². The highest BCUT2D eigenvalue weighted by Crippen LogP contribution is 2.28. The molecule has 1 aromatic heterocycles. The number of rotatable bonds is 5. The standard InChI is InChI=1S/C18H19N4S.BrH/c1-3-22(4-2)16-7-5-15(6-8-16)20-18-21-17(13-23-18)14-9-11-19-12-10-14;/h5-12H,3-4H2,1-2H3,(H,20,21);1H/q+1;/p-1. The first-order valence-corrected chi connectivity index (χ1v) is 8.52. The van der Waals surface area contributed by atoms with Crippen LogP contribution in [0.2, 0.25) is 0 Å². The molecule has 4 nitrogen and oxygen atoms in total. The van der Waals surface area contributed by atoms with E-state index in [1.165, 1.54) is 17.4 Å². The minimum absolute atomic E-state index is 0. The zero-order valence-corrected chi connectivity index (χ0v) is 16.1. The SMILES string of the molecule is CCN(CC)c1ccc(NC2=NC(c3ccncc3)=[C+]S2)cc1.[Br-]. The van der Waals surface area contributed by atoms with E-state index in [1.54, 1.807) is 12.4 Å². The number of aliphatic imine (C=N–C) groups is 1. The minimum Gasteiger partial charge on any atom is -1.00 e. The van der Waals surface area contributed by atoms with Gasteiger partial charge in [0.1, 0.15) is 17.3 Å². The third kappa shape index (κ3) is 4.35. The van der Waals surface area contributed by atoms with E-state index in [1.807, 2.05) is 12.1 Å². The van der Waals surface area contributed by atoms with Crippen molar-refractivity contribution < 1.29 is 17.0 Å². The number of pyridine rings is 1. The molecule has 1 aliphatic rings. The van der Waals surface area contributed by atoms with Crippen molar-refractivity contribution in [2.24, 2.45) is 4.99 Å². The molecule has 0 radical (unpaired) electrons. The molecular weight excluding hydrogens is 384 g/mol. The molecule has 0 atom stereocenters. The summed E-state index contributed by atoms with van der Waals surface area (Å²) in [5.74, 6) is 0. The third-order valence-electron chi connectivity index (χ3n) is 3.66. The fraction of sp³-hybridized carbons (Fsp3) is 0.222. The average Bonchev–Trinajstić information content (AvgIpc) is 3.07. The summed E-state index contributed by atoms with van der Waals surface area (Å²) in [4.78, 5) is 10.9. The molecule has 6 heteroatoms. The maximum absolute atomic E-state index is 4.58. The van der Waals surface area contributed by atoms with Gasteiger partial charge in [0, 0.05) is 36.9 Å². The van der Waals surface area contributed by atoms with Crippen molar-refractivity contribution in [3.8, 4) is 0 Å². The highest BCUT2D eigenvalue weighted by atomic mass is 79.9. The number of hydrogen-bond acceptors (Lipinski definition) is 5. The molecule has 24 heavy (non-hydrogen) atoms. The Balaban J connectivity index is 0.00000208. The second-order valence-corrected chi connectivity index (χ2v) is 5.84. The second-order valence-electron chi connectivity index (χ2n) is 5.05. The summed E-state index contributed by atoms with van der Waals surface area (Å²) >= 11 is 1.48. The molecule has 1 aliphatic heterocycles. The first-order chi connectivity index (χ1) is 11.3. The Morgan fingerprint density at radius 3 is 2.33 bits per heavy atom. The molecule has 0 bridgehead atoms. The van der Waals surface area contributed by atoms with Crippen LogP contribution in [-0.4, -0.2) is 23.2 Å². The third-order valence-corrected chi connectivity index (χ3v) is 4.34. The lowest BCUT2D eigenvalue weighted by Gasteiger charge is -2.21. The molecule has 2 heterocycles. The van der Waals surface area contributed by atoms with Gasteiger partial charge < -0.3 is 27.2 Å². The van der Waals surface area contributed by atoms with Gasteiger partial charge in [-0.25, -0.2) is 0 Å². The molecule has 0 unspecified atom stereocenters. The summed E-state index contributed by atoms with van der Waals surface area (Å²) in [6.07, 6.45) is 3.53. The van der Waals surface area contributed by atoms with E-state index in [-0.39, 0.29) is 17.0 Å². The van der Waals surface area contributed by atoms with Gasteiger partial charge in [-0.05, 0) is 38.1 Å². The van der Waals surface area contributed by atoms with Crippen LogP contribution in [-0.2, 0) is 0 Å². The highest BCUT2D eigenvalue weighted by molar-refractivity contribution is 8.16. The van der Waals surface area contributed by atoms with Crippen LogP contribution in [0.4, 0.5) is 11.4 Å². The van der Waals surface area contributed by atoms with Gasteiger partial charge in [-0.15, -0.1) is 0 Å². The summed E-state index contributed by atoms with van der Waals surface area (Å²) in [7, 11) is 0. The van der Waals surface area contributed by atoms with Gasteiger partial charge in [0.25, 0.3) is 0 Å². The van der Waals surface area contributed by atoms with E-state index in [9.17, 15) is 0 Å². The van der Waals surface area contributed by atoms with Gasteiger partial charge in [-0.3, -0.25) is 4.98 Å². The van der Waals surface area contributed by atoms with Crippen LogP contribution in [0.25, 0.3) is 5.70 Å². The lowest BCUT2D eigenvalue weighted by Crippen LogP contribution is -3.00. The number of halogens is 1. The molecule has 0 amide bonds. The van der Waals surface area contributed by atoms with Crippen molar-refractivity contribution in [2.45, 2.75) is 13.8 Å². The van der Waals surface area contributed by atoms with E-state index < -0.39 is 0 Å². The number of anilines is 2. The quantitative estimate of drug-likeness (QED) is 0.764. The van der Waals surface area contributed by atoms with Crippen molar-refractivity contribution >= 4 is 34.0 Å². The summed E-state index contributed by atoms with van der Waals surface area (Å²) in [6.45, 7) is 6.36. The molecule has 0 saturated carbocycles. The largest absolute Gasteiger partial charge is 1.00 e. The molecule has 2 aromatic rings. The molecule has 1 N–H and O–H groups in total. The van der Waals surface area contributed by atoms with Gasteiger partial charge in [0.15, 0.2) is 5.41 Å². The number of hydrogen-bond donors (Lipinski definition) is 1. The van der Waals surface area contributed by atoms with Gasteiger partial charge in [0.2, 0.25) is 5.17 Å². The van der Waals surface area contributed by atoms with E-state index in [0.29, 0.717) is 0 Å². The number of nitrogens with one attached hydrogen (secondary N) is 1. The van der Waals surface area contributed by atoms with Crippen LogP contribution in [0.15, 0.2) is 53.8 Å². The van der Waals surface area contributed by atoms with E-state index in [2.05, 4.69) is 63.7 Å². The number of amidine groups is 1. The molecule has 1 aromatic carbocycles. The Kier molecular flexibility index (Phi) is 6.79. The van der Waals surface area contributed by atoms with Crippen LogP contribution in [0.1, 0.15) is 19.4 Å². The van der Waals surface area contributed by atoms with Gasteiger partial charge in [0.05, 0.1) is 12.1 Å². The number of benzene rings is 1. The van der Waals surface area contributed by atoms with Crippen molar-refractivity contribution in [2.75, 3.05) is 23.3 Å². The zero-order chi connectivity index (χ0) is 16.1. The van der Waals surface area contributed by atoms with Crippen molar-refractivity contribution in [1.29, 1.82) is 0 Å². The first kappa shape index (κ1) is 18.5. The molecule has 124 valence electrons. The van der Waals surface area contributed by atoms with Crippen molar-refractivity contribution in [3.63, 3.8) is 0 Å². The van der Waals surface area contributed by atoms with Crippen molar-refractivity contribution in [3.05, 3.63) is 59.8 Å². The molecule has 0 aliphatic carbocycles. The lowest BCUT2D eigenvalue weighted by molar-refractivity contribution is -0.00000466. The van der Waals surface area contributed by atoms with E-state index in [0.717, 1.165) is 35.2 Å². The average molecular weight is 403 g/mol. The Bertz CT molecular complexity index is 710. The van der Waals surface area contributed by atoms with Crippen LogP contribution in [0.5, 0.6) is 0 Å². The highest BCUT2D eigenvalue weighted by Gasteiger charge is 2.23. The van der Waals surface area contributed by atoms with Gasteiger partial charge >= 0.3 is 5.70 Å². The predicted octanol–water partition coefficient (Wildman–Crippen LogP) is 1.25. The second kappa shape index (κ2) is 8.83.